The molecule has 0 unspecified atom stereocenters. The number of carbonyl (C=O) groups excluding carboxylic acids is 2. The molecule has 6 aromatic rings. The molecule has 1 saturated heterocycles. The van der Waals surface area contributed by atoms with Crippen LogP contribution in [0.2, 0.25) is 0 Å². The first-order valence-corrected chi connectivity index (χ1v) is 18.2. The summed E-state index contributed by atoms with van der Waals surface area (Å²) in [4.78, 5) is 31.6. The van der Waals surface area contributed by atoms with Gasteiger partial charge in [-0.2, -0.15) is 0 Å². The fourth-order valence-corrected chi connectivity index (χ4v) is 8.73. The van der Waals surface area contributed by atoms with E-state index in [4.69, 9.17) is 12.2 Å². The number of thiocarbonyl (C=S) groups is 1. The molecule has 4 aromatic carbocycles. The van der Waals surface area contributed by atoms with Crippen molar-refractivity contribution in [3.05, 3.63) is 118 Å². The minimum Gasteiger partial charge on any atom is -0.341 e. The lowest BCUT2D eigenvalue weighted by atomic mass is 9.95. The molecular formula is C43H40N4O2S. The van der Waals surface area contributed by atoms with Crippen LogP contribution >= 0.6 is 12.2 Å². The molecule has 1 aliphatic heterocycles. The third-order valence-electron chi connectivity index (χ3n) is 10.6. The molecule has 2 aromatic heterocycles. The summed E-state index contributed by atoms with van der Waals surface area (Å²) in [5, 5.41) is 9.88. The van der Waals surface area contributed by atoms with E-state index < -0.39 is 0 Å². The summed E-state index contributed by atoms with van der Waals surface area (Å²) in [6, 6.07) is 25.8. The van der Waals surface area contributed by atoms with E-state index in [1.54, 1.807) is 9.80 Å². The van der Waals surface area contributed by atoms with Crippen molar-refractivity contribution in [1.82, 2.24) is 18.9 Å². The highest BCUT2D eigenvalue weighted by Gasteiger charge is 2.42. The lowest BCUT2D eigenvalue weighted by molar-refractivity contribution is -0.133. The van der Waals surface area contributed by atoms with Gasteiger partial charge in [0.05, 0.1) is 0 Å². The largest absolute Gasteiger partial charge is 0.341 e. The van der Waals surface area contributed by atoms with Crippen molar-refractivity contribution in [3.8, 4) is 0 Å². The fraction of sp³-hybridized carbons (Fsp3) is 0.233. The van der Waals surface area contributed by atoms with Gasteiger partial charge in [0.1, 0.15) is 5.57 Å². The Morgan fingerprint density at radius 3 is 1.38 bits per heavy atom. The molecule has 1 aliphatic carbocycles. The smallest absolute Gasteiger partial charge is 0.266 e. The van der Waals surface area contributed by atoms with Crippen LogP contribution in [-0.2, 0) is 22.7 Å². The summed E-state index contributed by atoms with van der Waals surface area (Å²) < 4.78 is 4.70. The molecule has 3 heterocycles. The van der Waals surface area contributed by atoms with Crippen LogP contribution in [0.1, 0.15) is 40.5 Å². The Labute approximate surface area is 296 Å². The number of likely N-dealkylation sites (N-methyl/N-ethyl adjacent to an activating group) is 2. The highest BCUT2D eigenvalue weighted by atomic mass is 32.1. The molecule has 250 valence electrons. The zero-order chi connectivity index (χ0) is 34.7. The Hall–Kier alpha value is -5.27. The van der Waals surface area contributed by atoms with E-state index in [0.29, 0.717) is 13.1 Å². The maximum absolute atomic E-state index is 14.2. The monoisotopic (exact) mass is 676 g/mol. The van der Waals surface area contributed by atoms with Gasteiger partial charge in [0, 0.05) is 69.5 Å². The number of rotatable bonds is 6. The second kappa shape index (κ2) is 12.6. The molecule has 50 heavy (non-hydrogen) atoms. The van der Waals surface area contributed by atoms with E-state index >= 15 is 0 Å². The summed E-state index contributed by atoms with van der Waals surface area (Å²) in [7, 11) is 0. The lowest BCUT2D eigenvalue weighted by Crippen LogP contribution is -2.56. The Morgan fingerprint density at radius 1 is 0.560 bits per heavy atom. The molecule has 0 bridgehead atoms. The molecule has 0 N–H and O–H groups in total. The Morgan fingerprint density at radius 2 is 0.980 bits per heavy atom. The van der Waals surface area contributed by atoms with Gasteiger partial charge < -0.3 is 9.13 Å². The fourth-order valence-electron chi connectivity index (χ4n) is 8.30. The maximum Gasteiger partial charge on any atom is 0.266 e. The SMILES string of the molecule is CCN1C(=O)C(=C2/C(=C\C=c3\c4cccc5cccc(c54)n3CC)CC/C2=C/C=c2/c3cccc4cccc(c43)n2CC)C(=O)N(CC)C1=S. The average Bonchev–Trinajstić information content (AvgIpc) is 3.78. The van der Waals surface area contributed by atoms with Crippen molar-refractivity contribution in [3.63, 3.8) is 0 Å². The molecule has 2 fully saturated rings. The van der Waals surface area contributed by atoms with Crippen LogP contribution < -0.4 is 10.7 Å². The Bertz CT molecular complexity index is 2430. The standard InChI is InChI=1S/C43H40N4O2S/c1-5-44-33(31-17-9-13-27-15-11-19-35(44)38(27)31)25-23-29-21-22-30(37(29)40-41(48)46(7-3)43(50)47(8-4)42(40)49)24-26-34-32-18-10-14-28-16-12-20-36(39(28)32)45(34)6-2/h9-20,23-26H,5-8,21-22H2,1-4H3/b29-23-,30-24-,33-25-,34-26-. The van der Waals surface area contributed by atoms with Crippen LogP contribution in [0.25, 0.3) is 55.5 Å². The summed E-state index contributed by atoms with van der Waals surface area (Å²) in [5.41, 5.74) is 5.34. The van der Waals surface area contributed by atoms with Crippen molar-refractivity contribution in [2.45, 2.75) is 53.6 Å². The Kier molecular flexibility index (Phi) is 8.03. The molecule has 0 atom stereocenters. The van der Waals surface area contributed by atoms with Gasteiger partial charge in [-0.3, -0.25) is 19.4 Å². The van der Waals surface area contributed by atoms with E-state index in [1.807, 2.05) is 13.8 Å². The number of nitrogens with zero attached hydrogens (tertiary/aromatic N) is 4. The lowest BCUT2D eigenvalue weighted by Gasteiger charge is -2.36. The number of carbonyl (C=O) groups is 2. The minimum absolute atomic E-state index is 0.211. The predicted octanol–water partition coefficient (Wildman–Crippen LogP) is 7.58. The van der Waals surface area contributed by atoms with Crippen LogP contribution in [0, 0.1) is 0 Å². The third kappa shape index (κ3) is 4.71. The normalized spacial score (nSPS) is 18.4. The van der Waals surface area contributed by atoms with Crippen LogP contribution in [0.5, 0.6) is 0 Å². The number of aryl methyl sites for hydroxylation is 2. The third-order valence-corrected chi connectivity index (χ3v) is 11.0. The topological polar surface area (TPSA) is 50.5 Å². The van der Waals surface area contributed by atoms with Crippen LogP contribution in [-0.4, -0.2) is 49.0 Å². The predicted molar refractivity (Wildman–Crippen MR) is 209 cm³/mol. The molecule has 8 rings (SSSR count). The van der Waals surface area contributed by atoms with Gasteiger partial charge in [-0.15, -0.1) is 0 Å². The number of hydrogen-bond donors (Lipinski definition) is 0. The van der Waals surface area contributed by atoms with Gasteiger partial charge in [-0.1, -0.05) is 72.8 Å². The molecule has 1 saturated carbocycles. The van der Waals surface area contributed by atoms with Gasteiger partial charge in [-0.25, -0.2) is 0 Å². The number of aromatic nitrogens is 2. The summed E-state index contributed by atoms with van der Waals surface area (Å²) in [6.45, 7) is 10.6. The number of amides is 2. The van der Waals surface area contributed by atoms with Gasteiger partial charge in [-0.05, 0) is 105 Å². The quantitative estimate of drug-likeness (QED) is 0.104. The highest BCUT2D eigenvalue weighted by Crippen LogP contribution is 2.40. The first kappa shape index (κ1) is 32.0. The molecule has 2 aliphatic rings. The first-order chi connectivity index (χ1) is 24.4. The molecule has 0 radical (unpaired) electrons. The van der Waals surface area contributed by atoms with Crippen molar-refractivity contribution >= 4 is 84.6 Å². The number of allylic oxidation sites excluding steroid dienone is 5. The zero-order valence-corrected chi connectivity index (χ0v) is 29.8. The van der Waals surface area contributed by atoms with E-state index in [0.717, 1.165) is 53.3 Å². The molecule has 7 heteroatoms. The molecule has 6 nitrogen and oxygen atoms in total. The van der Waals surface area contributed by atoms with E-state index in [2.05, 4.69) is 120 Å². The van der Waals surface area contributed by atoms with Gasteiger partial charge in [0.15, 0.2) is 5.11 Å². The second-order valence-electron chi connectivity index (χ2n) is 13.0. The van der Waals surface area contributed by atoms with Crippen molar-refractivity contribution in [2.24, 2.45) is 0 Å². The van der Waals surface area contributed by atoms with Crippen LogP contribution in [0.3, 0.4) is 0 Å². The number of hydrogen-bond acceptors (Lipinski definition) is 3. The van der Waals surface area contributed by atoms with E-state index in [1.165, 1.54) is 43.4 Å². The summed E-state index contributed by atoms with van der Waals surface area (Å²) >= 11 is 5.65. The Balaban J connectivity index is 1.38. The van der Waals surface area contributed by atoms with Gasteiger partial charge in [0.25, 0.3) is 11.8 Å². The van der Waals surface area contributed by atoms with Crippen LogP contribution in [0.4, 0.5) is 0 Å². The minimum atomic E-state index is -0.317. The molecule has 0 spiro atoms. The maximum atomic E-state index is 14.2. The molecular weight excluding hydrogens is 637 g/mol. The van der Waals surface area contributed by atoms with Crippen molar-refractivity contribution in [1.29, 1.82) is 0 Å². The van der Waals surface area contributed by atoms with Crippen molar-refractivity contribution in [2.75, 3.05) is 13.1 Å². The second-order valence-corrected chi connectivity index (χ2v) is 13.3. The zero-order valence-electron chi connectivity index (χ0n) is 29.0. The summed E-state index contributed by atoms with van der Waals surface area (Å²) in [6.07, 6.45) is 10.1. The van der Waals surface area contributed by atoms with E-state index in [9.17, 15) is 9.59 Å². The van der Waals surface area contributed by atoms with Crippen molar-refractivity contribution < 1.29 is 9.59 Å². The van der Waals surface area contributed by atoms with Gasteiger partial charge >= 0.3 is 0 Å². The van der Waals surface area contributed by atoms with E-state index in [-0.39, 0.29) is 22.5 Å². The number of benzene rings is 4. The first-order valence-electron chi connectivity index (χ1n) is 17.7. The highest BCUT2D eigenvalue weighted by molar-refractivity contribution is 7.80. The average molecular weight is 677 g/mol. The molecule has 2 amide bonds. The van der Waals surface area contributed by atoms with Gasteiger partial charge in [0.2, 0.25) is 0 Å². The summed E-state index contributed by atoms with van der Waals surface area (Å²) in [5.74, 6) is -0.634. The van der Waals surface area contributed by atoms with Crippen LogP contribution in [0.15, 0.2) is 107 Å².